The van der Waals surface area contributed by atoms with E-state index in [0.717, 1.165) is 48.6 Å². The van der Waals surface area contributed by atoms with Gasteiger partial charge in [-0.1, -0.05) is 0 Å². The van der Waals surface area contributed by atoms with Crippen molar-refractivity contribution in [2.75, 3.05) is 49.1 Å². The summed E-state index contributed by atoms with van der Waals surface area (Å²) in [6.07, 6.45) is 2.84. The minimum atomic E-state index is -0.312. The highest BCUT2D eigenvalue weighted by Gasteiger charge is 2.50. The van der Waals surface area contributed by atoms with Crippen LogP contribution in [0.25, 0.3) is 0 Å². The van der Waals surface area contributed by atoms with Gasteiger partial charge in [0.1, 0.15) is 0 Å². The smallest absolute Gasteiger partial charge is 0.203 e. The average molecular weight is 399 g/mol. The summed E-state index contributed by atoms with van der Waals surface area (Å²) in [5.41, 5.74) is 4.61. The lowest BCUT2D eigenvalue weighted by Gasteiger charge is -2.45. The Morgan fingerprint density at radius 1 is 0.724 bits per heavy atom. The number of fused-ring (bicyclic) bond motifs is 4. The minimum absolute atomic E-state index is 0.312. The van der Waals surface area contributed by atoms with Crippen LogP contribution >= 0.6 is 0 Å². The van der Waals surface area contributed by atoms with E-state index in [-0.39, 0.29) is 5.54 Å². The number of ether oxygens (including phenoxy) is 5. The second-order valence-corrected chi connectivity index (χ2v) is 7.58. The van der Waals surface area contributed by atoms with Gasteiger partial charge in [0, 0.05) is 12.1 Å². The lowest BCUT2D eigenvalue weighted by molar-refractivity contribution is 0.142. The standard InChI is InChI=1S/C23H29NO5/c1-24-10-8-14-11-17(25-2)18(26-3)13-16(14)23(24)9-7-15-12-19(27-4)21(28-5)22(29-6)20(15)23/h11-13H,7-10H2,1-6H3. The van der Waals surface area contributed by atoms with Gasteiger partial charge in [0.05, 0.1) is 41.1 Å². The van der Waals surface area contributed by atoms with Gasteiger partial charge in [-0.05, 0) is 61.2 Å². The molecule has 1 aliphatic carbocycles. The van der Waals surface area contributed by atoms with Crippen molar-refractivity contribution in [3.63, 3.8) is 0 Å². The second-order valence-electron chi connectivity index (χ2n) is 7.58. The Kier molecular flexibility index (Phi) is 4.99. The summed E-state index contributed by atoms with van der Waals surface area (Å²) < 4.78 is 28.4. The van der Waals surface area contributed by atoms with Crippen molar-refractivity contribution in [3.8, 4) is 28.7 Å². The fourth-order valence-corrected chi connectivity index (χ4v) is 5.15. The van der Waals surface area contributed by atoms with E-state index in [1.165, 1.54) is 16.7 Å². The van der Waals surface area contributed by atoms with Crippen LogP contribution in [0.1, 0.15) is 28.7 Å². The van der Waals surface area contributed by atoms with Crippen LogP contribution in [0.4, 0.5) is 0 Å². The molecule has 0 fully saturated rings. The number of nitrogens with zero attached hydrogens (tertiary/aromatic N) is 1. The largest absolute Gasteiger partial charge is 0.493 e. The number of likely N-dealkylation sites (N-methyl/N-ethyl adjacent to an activating group) is 1. The topological polar surface area (TPSA) is 49.4 Å². The number of hydrogen-bond acceptors (Lipinski definition) is 6. The van der Waals surface area contributed by atoms with E-state index in [1.54, 1.807) is 35.5 Å². The normalized spacial score (nSPS) is 20.2. The number of aryl methyl sites for hydroxylation is 1. The van der Waals surface area contributed by atoms with E-state index in [9.17, 15) is 0 Å². The van der Waals surface area contributed by atoms with Gasteiger partial charge in [0.25, 0.3) is 0 Å². The van der Waals surface area contributed by atoms with Gasteiger partial charge < -0.3 is 23.7 Å². The summed E-state index contributed by atoms with van der Waals surface area (Å²) in [5, 5.41) is 0. The maximum Gasteiger partial charge on any atom is 0.203 e. The first-order valence-corrected chi connectivity index (χ1v) is 9.84. The van der Waals surface area contributed by atoms with Gasteiger partial charge in [-0.3, -0.25) is 4.90 Å². The summed E-state index contributed by atoms with van der Waals surface area (Å²) in [6, 6.07) is 6.34. The fraction of sp³-hybridized carbons (Fsp3) is 0.478. The second kappa shape index (κ2) is 7.34. The molecule has 2 aromatic carbocycles. The molecule has 0 saturated carbocycles. The van der Waals surface area contributed by atoms with Crippen LogP contribution in [0.5, 0.6) is 28.7 Å². The predicted octanol–water partition coefficient (Wildman–Crippen LogP) is 3.41. The maximum atomic E-state index is 5.93. The van der Waals surface area contributed by atoms with Crippen LogP contribution in [-0.2, 0) is 18.4 Å². The predicted molar refractivity (Wildman–Crippen MR) is 111 cm³/mol. The van der Waals surface area contributed by atoms with Gasteiger partial charge >= 0.3 is 0 Å². The maximum absolute atomic E-state index is 5.93. The van der Waals surface area contributed by atoms with E-state index in [0.29, 0.717) is 11.5 Å². The van der Waals surface area contributed by atoms with E-state index >= 15 is 0 Å². The van der Waals surface area contributed by atoms with E-state index in [4.69, 9.17) is 23.7 Å². The number of rotatable bonds is 5. The molecule has 1 aliphatic heterocycles. The third kappa shape index (κ3) is 2.65. The zero-order valence-electron chi connectivity index (χ0n) is 18.0. The molecule has 0 aromatic heterocycles. The Labute approximate surface area is 172 Å². The Hall–Kier alpha value is -2.60. The van der Waals surface area contributed by atoms with Crippen molar-refractivity contribution in [1.29, 1.82) is 0 Å². The van der Waals surface area contributed by atoms with Crippen molar-refractivity contribution >= 4 is 0 Å². The summed E-state index contributed by atoms with van der Waals surface area (Å²) >= 11 is 0. The van der Waals surface area contributed by atoms with Crippen molar-refractivity contribution in [2.45, 2.75) is 24.8 Å². The highest BCUT2D eigenvalue weighted by molar-refractivity contribution is 5.67. The molecule has 2 aliphatic rings. The number of methoxy groups -OCH3 is 5. The van der Waals surface area contributed by atoms with Crippen LogP contribution in [0.2, 0.25) is 0 Å². The van der Waals surface area contributed by atoms with Crippen molar-refractivity contribution < 1.29 is 23.7 Å². The first-order chi connectivity index (χ1) is 14.0. The highest BCUT2D eigenvalue weighted by Crippen LogP contribution is 2.57. The molecular weight excluding hydrogens is 370 g/mol. The van der Waals surface area contributed by atoms with Crippen LogP contribution in [0.3, 0.4) is 0 Å². The zero-order valence-corrected chi connectivity index (χ0v) is 18.0. The van der Waals surface area contributed by atoms with Crippen LogP contribution in [0.15, 0.2) is 18.2 Å². The Morgan fingerprint density at radius 3 is 1.97 bits per heavy atom. The van der Waals surface area contributed by atoms with E-state index in [2.05, 4.69) is 30.1 Å². The molecule has 29 heavy (non-hydrogen) atoms. The molecule has 0 bridgehead atoms. The van der Waals surface area contributed by atoms with Gasteiger partial charge in [-0.15, -0.1) is 0 Å². The molecule has 0 amide bonds. The molecule has 1 unspecified atom stereocenters. The Bertz CT molecular complexity index is 942. The molecule has 0 N–H and O–H groups in total. The van der Waals surface area contributed by atoms with Crippen molar-refractivity contribution in [3.05, 3.63) is 40.5 Å². The molecule has 6 heteroatoms. The van der Waals surface area contributed by atoms with Crippen LogP contribution < -0.4 is 23.7 Å². The summed E-state index contributed by atoms with van der Waals surface area (Å²) in [7, 11) is 10.6. The van der Waals surface area contributed by atoms with Crippen molar-refractivity contribution in [2.24, 2.45) is 0 Å². The lowest BCUT2D eigenvalue weighted by atomic mass is 9.76. The molecule has 6 nitrogen and oxygen atoms in total. The minimum Gasteiger partial charge on any atom is -0.493 e. The molecule has 4 rings (SSSR count). The van der Waals surface area contributed by atoms with Gasteiger partial charge in [0.15, 0.2) is 23.0 Å². The zero-order chi connectivity index (χ0) is 20.8. The Balaban J connectivity index is 2.04. The molecule has 0 radical (unpaired) electrons. The van der Waals surface area contributed by atoms with Gasteiger partial charge in [-0.2, -0.15) is 0 Å². The third-order valence-electron chi connectivity index (χ3n) is 6.50. The average Bonchev–Trinajstić information content (AvgIpc) is 3.14. The molecule has 156 valence electrons. The summed E-state index contributed by atoms with van der Waals surface area (Å²) in [4.78, 5) is 2.43. The lowest BCUT2D eigenvalue weighted by Crippen LogP contribution is -2.48. The monoisotopic (exact) mass is 399 g/mol. The van der Waals surface area contributed by atoms with E-state index < -0.39 is 0 Å². The molecule has 2 aromatic rings. The van der Waals surface area contributed by atoms with Crippen LogP contribution in [-0.4, -0.2) is 54.0 Å². The highest BCUT2D eigenvalue weighted by atomic mass is 16.5. The SMILES string of the molecule is COc1cc2c(cc1OC)C1(CCc3cc(OC)c(OC)c(OC)c31)N(C)CC2. The first-order valence-electron chi connectivity index (χ1n) is 9.84. The summed E-state index contributed by atoms with van der Waals surface area (Å²) in [6.45, 7) is 0.944. The molecule has 1 atom stereocenters. The first kappa shape index (κ1) is 19.7. The summed E-state index contributed by atoms with van der Waals surface area (Å²) in [5.74, 6) is 3.59. The van der Waals surface area contributed by atoms with Gasteiger partial charge in [-0.25, -0.2) is 0 Å². The third-order valence-corrected chi connectivity index (χ3v) is 6.50. The Morgan fingerprint density at radius 2 is 1.34 bits per heavy atom. The number of benzene rings is 2. The fourth-order valence-electron chi connectivity index (χ4n) is 5.15. The van der Waals surface area contributed by atoms with Crippen LogP contribution in [0, 0.1) is 0 Å². The quantitative estimate of drug-likeness (QED) is 0.768. The van der Waals surface area contributed by atoms with Crippen molar-refractivity contribution in [1.82, 2.24) is 4.90 Å². The molecule has 0 saturated heterocycles. The van der Waals surface area contributed by atoms with E-state index in [1.807, 2.05) is 0 Å². The number of hydrogen-bond donors (Lipinski definition) is 0. The molecule has 1 heterocycles. The van der Waals surface area contributed by atoms with Gasteiger partial charge in [0.2, 0.25) is 5.75 Å². The molecular formula is C23H29NO5. The molecule has 1 spiro atoms.